The zero-order valence-electron chi connectivity index (χ0n) is 15.7. The van der Waals surface area contributed by atoms with Crippen LogP contribution in [-0.4, -0.2) is 27.6 Å². The lowest BCUT2D eigenvalue weighted by Gasteiger charge is -2.34. The number of fused-ring (bicyclic) bond motifs is 1. The summed E-state index contributed by atoms with van der Waals surface area (Å²) in [4.78, 5) is 29.9. The Morgan fingerprint density at radius 3 is 2.70 bits per heavy atom. The van der Waals surface area contributed by atoms with Crippen LogP contribution in [0.15, 0.2) is 48.8 Å². The highest BCUT2D eigenvalue weighted by Gasteiger charge is 2.41. The van der Waals surface area contributed by atoms with Gasteiger partial charge >= 0.3 is 6.36 Å². The van der Waals surface area contributed by atoms with Crippen molar-refractivity contribution in [2.45, 2.75) is 31.7 Å². The van der Waals surface area contributed by atoms with Crippen molar-refractivity contribution in [1.82, 2.24) is 9.55 Å². The number of Topliss-reactive ketones (excluding diaryl/α,β-unsaturated/α-hetero) is 1. The number of aromatic nitrogens is 2. The van der Waals surface area contributed by atoms with E-state index in [1.807, 2.05) is 0 Å². The summed E-state index contributed by atoms with van der Waals surface area (Å²) in [5, 5.41) is 3.15. The SMILES string of the molecule is CC1(C(=O)Nc2ncc(-c3ccc(OC(F)(F)F)cc3)s2)CCC(=O)c2cccn21. The van der Waals surface area contributed by atoms with Crippen LogP contribution >= 0.6 is 11.3 Å². The lowest BCUT2D eigenvalue weighted by atomic mass is 9.88. The minimum atomic E-state index is -4.75. The predicted molar refractivity (Wildman–Crippen MR) is 105 cm³/mol. The molecule has 6 nitrogen and oxygen atoms in total. The third-order valence-corrected chi connectivity index (χ3v) is 5.95. The van der Waals surface area contributed by atoms with Crippen LogP contribution in [0.3, 0.4) is 0 Å². The van der Waals surface area contributed by atoms with Gasteiger partial charge in [0.1, 0.15) is 11.3 Å². The van der Waals surface area contributed by atoms with Gasteiger partial charge < -0.3 is 9.30 Å². The summed E-state index contributed by atoms with van der Waals surface area (Å²) < 4.78 is 42.4. The molecule has 0 spiro atoms. The highest BCUT2D eigenvalue weighted by atomic mass is 32.1. The zero-order valence-corrected chi connectivity index (χ0v) is 16.5. The minimum Gasteiger partial charge on any atom is -0.406 e. The maximum atomic E-state index is 13.0. The van der Waals surface area contributed by atoms with Gasteiger partial charge in [0, 0.05) is 18.8 Å². The number of nitrogens with one attached hydrogen (secondary N) is 1. The van der Waals surface area contributed by atoms with E-state index in [-0.39, 0.29) is 23.9 Å². The van der Waals surface area contributed by atoms with Crippen molar-refractivity contribution in [2.24, 2.45) is 0 Å². The Bertz CT molecular complexity index is 1100. The first-order valence-corrected chi connectivity index (χ1v) is 9.82. The number of amides is 1. The molecule has 2 aromatic heterocycles. The largest absolute Gasteiger partial charge is 0.573 e. The molecule has 1 unspecified atom stereocenters. The third kappa shape index (κ3) is 3.82. The quantitative estimate of drug-likeness (QED) is 0.637. The van der Waals surface area contributed by atoms with Crippen LogP contribution in [0.1, 0.15) is 30.3 Å². The van der Waals surface area contributed by atoms with Crippen LogP contribution in [0.5, 0.6) is 5.75 Å². The van der Waals surface area contributed by atoms with Crippen LogP contribution in [0.25, 0.3) is 10.4 Å². The number of thiazole rings is 1. The molecule has 0 fully saturated rings. The van der Waals surface area contributed by atoms with Crippen molar-refractivity contribution < 1.29 is 27.5 Å². The molecule has 1 atom stereocenters. The Morgan fingerprint density at radius 2 is 2.00 bits per heavy atom. The van der Waals surface area contributed by atoms with Crippen LogP contribution < -0.4 is 10.1 Å². The zero-order chi connectivity index (χ0) is 21.5. The molecule has 10 heteroatoms. The molecule has 1 aromatic carbocycles. The number of carbonyl (C=O) groups excluding carboxylic acids is 2. The summed E-state index contributed by atoms with van der Waals surface area (Å²) in [5.74, 6) is -0.603. The van der Waals surface area contributed by atoms with E-state index >= 15 is 0 Å². The summed E-state index contributed by atoms with van der Waals surface area (Å²) in [6.07, 6.45) is -0.845. The van der Waals surface area contributed by atoms with Crippen LogP contribution in [-0.2, 0) is 10.3 Å². The first-order valence-electron chi connectivity index (χ1n) is 9.00. The van der Waals surface area contributed by atoms with Gasteiger partial charge in [-0.05, 0) is 55.3 Å². The molecule has 156 valence electrons. The van der Waals surface area contributed by atoms with Gasteiger partial charge in [-0.25, -0.2) is 4.98 Å². The highest BCUT2D eigenvalue weighted by Crippen LogP contribution is 2.35. The second kappa shape index (κ2) is 7.28. The Labute approximate surface area is 173 Å². The monoisotopic (exact) mass is 435 g/mol. The van der Waals surface area contributed by atoms with Gasteiger partial charge in [-0.3, -0.25) is 14.9 Å². The smallest absolute Gasteiger partial charge is 0.406 e. The van der Waals surface area contributed by atoms with E-state index in [1.54, 1.807) is 29.8 Å². The Kier molecular flexibility index (Phi) is 4.89. The number of nitrogens with zero attached hydrogens (tertiary/aromatic N) is 2. The van der Waals surface area contributed by atoms with Crippen molar-refractivity contribution >= 4 is 28.2 Å². The Hall–Kier alpha value is -3.14. The molecule has 0 aliphatic carbocycles. The molecule has 0 bridgehead atoms. The third-order valence-electron chi connectivity index (χ3n) is 4.99. The molecule has 30 heavy (non-hydrogen) atoms. The maximum absolute atomic E-state index is 13.0. The topological polar surface area (TPSA) is 73.2 Å². The summed E-state index contributed by atoms with van der Waals surface area (Å²) in [5.41, 5.74) is 0.222. The first kappa shape index (κ1) is 20.1. The molecule has 0 saturated carbocycles. The number of hydrogen-bond donors (Lipinski definition) is 1. The number of benzene rings is 1. The normalized spacial score (nSPS) is 18.7. The molecule has 1 aliphatic heterocycles. The molecule has 1 N–H and O–H groups in total. The summed E-state index contributed by atoms with van der Waals surface area (Å²) in [6, 6.07) is 8.84. The lowest BCUT2D eigenvalue weighted by Crippen LogP contribution is -2.46. The van der Waals surface area contributed by atoms with E-state index in [2.05, 4.69) is 15.0 Å². The predicted octanol–water partition coefficient (Wildman–Crippen LogP) is 4.84. The first-order chi connectivity index (χ1) is 14.2. The minimum absolute atomic E-state index is 0.000223. The van der Waals surface area contributed by atoms with Gasteiger partial charge in [-0.1, -0.05) is 11.3 Å². The van der Waals surface area contributed by atoms with Crippen molar-refractivity contribution in [1.29, 1.82) is 0 Å². The van der Waals surface area contributed by atoms with Gasteiger partial charge in [0.2, 0.25) is 0 Å². The molecule has 1 aliphatic rings. The van der Waals surface area contributed by atoms with Gasteiger partial charge in [0.15, 0.2) is 10.9 Å². The van der Waals surface area contributed by atoms with Gasteiger partial charge in [-0.15, -0.1) is 13.2 Å². The van der Waals surface area contributed by atoms with E-state index in [1.165, 1.54) is 41.8 Å². The lowest BCUT2D eigenvalue weighted by molar-refractivity contribution is -0.274. The number of rotatable bonds is 4. The van der Waals surface area contributed by atoms with Crippen molar-refractivity contribution in [3.05, 3.63) is 54.5 Å². The molecular weight excluding hydrogens is 419 g/mol. The van der Waals surface area contributed by atoms with Gasteiger partial charge in [0.25, 0.3) is 5.91 Å². The molecule has 4 rings (SSSR count). The average molecular weight is 435 g/mol. The summed E-state index contributed by atoms with van der Waals surface area (Å²) in [7, 11) is 0. The molecular formula is C20H16F3N3O3S. The fourth-order valence-electron chi connectivity index (χ4n) is 3.38. The fourth-order valence-corrected chi connectivity index (χ4v) is 4.20. The van der Waals surface area contributed by atoms with Crippen LogP contribution in [0, 0.1) is 0 Å². The van der Waals surface area contributed by atoms with Gasteiger partial charge in [-0.2, -0.15) is 0 Å². The number of hydrogen-bond acceptors (Lipinski definition) is 5. The number of halogens is 3. The highest BCUT2D eigenvalue weighted by molar-refractivity contribution is 7.19. The Morgan fingerprint density at radius 1 is 1.27 bits per heavy atom. The van der Waals surface area contributed by atoms with Crippen LogP contribution in [0.4, 0.5) is 18.3 Å². The second-order valence-electron chi connectivity index (χ2n) is 7.02. The number of alkyl halides is 3. The molecule has 0 saturated heterocycles. The fraction of sp³-hybridized carbons (Fsp3) is 0.250. The molecule has 3 heterocycles. The standard InChI is InChI=1S/C20H16F3N3O3S/c1-19(9-8-15(27)14-3-2-10-26(14)19)17(28)25-18-24-11-16(30-18)12-4-6-13(7-5-12)29-20(21,22)23/h2-7,10-11H,8-9H2,1H3,(H,24,25,28). The van der Waals surface area contributed by atoms with Crippen molar-refractivity contribution in [2.75, 3.05) is 5.32 Å². The summed E-state index contributed by atoms with van der Waals surface area (Å²) in [6.45, 7) is 1.77. The number of carbonyl (C=O) groups is 2. The number of ether oxygens (including phenoxy) is 1. The number of ketones is 1. The van der Waals surface area contributed by atoms with E-state index in [4.69, 9.17) is 0 Å². The van der Waals surface area contributed by atoms with Crippen LogP contribution in [0.2, 0.25) is 0 Å². The molecule has 0 radical (unpaired) electrons. The Balaban J connectivity index is 1.50. The van der Waals surface area contributed by atoms with E-state index in [9.17, 15) is 22.8 Å². The molecule has 3 aromatic rings. The van der Waals surface area contributed by atoms with Crippen molar-refractivity contribution in [3.8, 4) is 16.2 Å². The average Bonchev–Trinajstić information content (AvgIpc) is 3.35. The maximum Gasteiger partial charge on any atom is 0.573 e. The van der Waals surface area contributed by atoms with E-state index in [0.29, 0.717) is 27.7 Å². The molecule has 1 amide bonds. The van der Waals surface area contributed by atoms with Gasteiger partial charge in [0.05, 0.1) is 10.6 Å². The number of anilines is 1. The van der Waals surface area contributed by atoms with E-state index < -0.39 is 11.9 Å². The summed E-state index contributed by atoms with van der Waals surface area (Å²) >= 11 is 1.20. The van der Waals surface area contributed by atoms with Crippen molar-refractivity contribution in [3.63, 3.8) is 0 Å². The second-order valence-corrected chi connectivity index (χ2v) is 8.05. The van der Waals surface area contributed by atoms with E-state index in [0.717, 1.165) is 0 Å².